The summed E-state index contributed by atoms with van der Waals surface area (Å²) in [5.41, 5.74) is 4.16. The number of pyridine rings is 1. The molecule has 0 fully saturated rings. The summed E-state index contributed by atoms with van der Waals surface area (Å²) in [6.45, 7) is 0.424. The van der Waals surface area contributed by atoms with E-state index in [9.17, 15) is 14.7 Å². The summed E-state index contributed by atoms with van der Waals surface area (Å²) in [6.07, 6.45) is 2.25. The summed E-state index contributed by atoms with van der Waals surface area (Å²) in [7, 11) is 0. The second kappa shape index (κ2) is 13.0. The average molecular weight is 632 g/mol. The monoisotopic (exact) mass is 630 g/mol. The van der Waals surface area contributed by atoms with Gasteiger partial charge in [0.15, 0.2) is 0 Å². The number of fused-ring (bicyclic) bond motifs is 3. The second-order valence-electron chi connectivity index (χ2n) is 10.4. The van der Waals surface area contributed by atoms with Gasteiger partial charge in [0.25, 0.3) is 5.91 Å². The van der Waals surface area contributed by atoms with Gasteiger partial charge in [-0.05, 0) is 84.3 Å². The van der Waals surface area contributed by atoms with E-state index in [2.05, 4.69) is 15.3 Å². The van der Waals surface area contributed by atoms with Gasteiger partial charge in [0.1, 0.15) is 30.3 Å². The molecule has 3 heterocycles. The van der Waals surface area contributed by atoms with Crippen LogP contribution in [0, 0.1) is 0 Å². The molecule has 0 aliphatic carbocycles. The highest BCUT2D eigenvalue weighted by atomic mass is 35.5. The van der Waals surface area contributed by atoms with Gasteiger partial charge in [0.2, 0.25) is 0 Å². The van der Waals surface area contributed by atoms with Gasteiger partial charge in [-0.25, -0.2) is 4.79 Å². The Morgan fingerprint density at radius 2 is 1.77 bits per heavy atom. The van der Waals surface area contributed by atoms with Crippen LogP contribution < -0.4 is 14.8 Å². The molecule has 0 radical (unpaired) electrons. The van der Waals surface area contributed by atoms with Gasteiger partial charge in [0.05, 0.1) is 5.56 Å². The molecular formula is C33H28Cl2N4O5. The Labute approximate surface area is 263 Å². The second-order valence-corrected chi connectivity index (χ2v) is 11.2. The van der Waals surface area contributed by atoms with E-state index in [4.69, 9.17) is 32.7 Å². The molecule has 224 valence electrons. The van der Waals surface area contributed by atoms with Crippen molar-refractivity contribution in [3.05, 3.63) is 124 Å². The maximum Gasteiger partial charge on any atom is 0.416 e. The number of hydrogen-bond acceptors (Lipinski definition) is 6. The molecule has 5 aromatic rings. The van der Waals surface area contributed by atoms with E-state index in [1.807, 2.05) is 30.3 Å². The summed E-state index contributed by atoms with van der Waals surface area (Å²) >= 11 is 12.3. The van der Waals surface area contributed by atoms with E-state index in [1.165, 1.54) is 6.20 Å². The van der Waals surface area contributed by atoms with Crippen molar-refractivity contribution in [2.45, 2.75) is 18.6 Å². The number of nitrogens with one attached hydrogen (secondary N) is 2. The molecule has 3 aromatic carbocycles. The molecule has 3 N–H and O–H groups in total. The van der Waals surface area contributed by atoms with Crippen molar-refractivity contribution in [2.75, 3.05) is 19.7 Å². The predicted octanol–water partition coefficient (Wildman–Crippen LogP) is 6.19. The lowest BCUT2D eigenvalue weighted by Gasteiger charge is -2.35. The van der Waals surface area contributed by atoms with Crippen molar-refractivity contribution in [3.63, 3.8) is 0 Å². The zero-order valence-electron chi connectivity index (χ0n) is 23.4. The van der Waals surface area contributed by atoms with Crippen LogP contribution in [0.15, 0.2) is 91.3 Å². The standard InChI is InChI=1S/C33H28Cl2N4O5/c34-22-5-10-26(11-6-22)44-33(42)39-15-13-27-28-16-23(35)7-12-29(28)38-30(27)31(39)20-3-8-25(9-4-20)43-19-24(40)18-37-32(41)21-2-1-14-36-17-21/h1-12,14,16-17,24,31,38,40H,13,15,18-19H2,(H,37,41). The fourth-order valence-electron chi connectivity index (χ4n) is 5.27. The number of aliphatic hydroxyl groups is 1. The van der Waals surface area contributed by atoms with Gasteiger partial charge in [0, 0.05) is 52.1 Å². The first-order chi connectivity index (χ1) is 21.4. The molecule has 1 aliphatic heterocycles. The molecule has 2 amide bonds. The van der Waals surface area contributed by atoms with Crippen molar-refractivity contribution in [3.8, 4) is 11.5 Å². The number of aromatic amines is 1. The molecule has 44 heavy (non-hydrogen) atoms. The maximum absolute atomic E-state index is 13.5. The Hall–Kier alpha value is -4.57. The van der Waals surface area contributed by atoms with Crippen LogP contribution in [-0.2, 0) is 6.42 Å². The maximum atomic E-state index is 13.5. The number of rotatable bonds is 8. The number of halogens is 2. The summed E-state index contributed by atoms with van der Waals surface area (Å²) in [5.74, 6) is 0.596. The van der Waals surface area contributed by atoms with E-state index < -0.39 is 18.2 Å². The van der Waals surface area contributed by atoms with Crippen molar-refractivity contribution < 1.29 is 24.2 Å². The Morgan fingerprint density at radius 3 is 2.52 bits per heavy atom. The van der Waals surface area contributed by atoms with Gasteiger partial charge in [-0.15, -0.1) is 0 Å². The summed E-state index contributed by atoms with van der Waals surface area (Å²) in [4.78, 5) is 34.8. The molecule has 11 heteroatoms. The molecule has 2 atom stereocenters. The topological polar surface area (TPSA) is 117 Å². The van der Waals surface area contributed by atoms with Gasteiger partial charge in [-0.2, -0.15) is 0 Å². The molecule has 1 aliphatic rings. The van der Waals surface area contributed by atoms with Crippen molar-refractivity contribution in [1.82, 2.24) is 20.2 Å². The summed E-state index contributed by atoms with van der Waals surface area (Å²) in [5, 5.41) is 15.2. The van der Waals surface area contributed by atoms with Gasteiger partial charge >= 0.3 is 6.09 Å². The van der Waals surface area contributed by atoms with Crippen LogP contribution in [0.5, 0.6) is 11.5 Å². The van der Waals surface area contributed by atoms with E-state index in [1.54, 1.807) is 59.6 Å². The smallest absolute Gasteiger partial charge is 0.416 e. The van der Waals surface area contributed by atoms with Crippen LogP contribution in [0.3, 0.4) is 0 Å². The Bertz CT molecular complexity index is 1780. The van der Waals surface area contributed by atoms with Crippen molar-refractivity contribution in [2.24, 2.45) is 0 Å². The first-order valence-electron chi connectivity index (χ1n) is 14.0. The Morgan fingerprint density at radius 1 is 1.02 bits per heavy atom. The van der Waals surface area contributed by atoms with Crippen LogP contribution in [0.25, 0.3) is 10.9 Å². The van der Waals surface area contributed by atoms with E-state index >= 15 is 0 Å². The van der Waals surface area contributed by atoms with Gasteiger partial charge < -0.3 is 24.9 Å². The van der Waals surface area contributed by atoms with Crippen LogP contribution in [0.2, 0.25) is 10.0 Å². The predicted molar refractivity (Wildman–Crippen MR) is 168 cm³/mol. The number of hydrogen-bond donors (Lipinski definition) is 3. The third-order valence-electron chi connectivity index (χ3n) is 7.40. The average Bonchev–Trinajstić information content (AvgIpc) is 3.41. The first kappa shape index (κ1) is 29.5. The largest absolute Gasteiger partial charge is 0.491 e. The minimum Gasteiger partial charge on any atom is -0.491 e. The summed E-state index contributed by atoms with van der Waals surface area (Å²) < 4.78 is 11.5. The van der Waals surface area contributed by atoms with Crippen LogP contribution >= 0.6 is 23.2 Å². The molecule has 2 unspecified atom stereocenters. The normalized spacial score (nSPS) is 15.0. The van der Waals surface area contributed by atoms with Crippen molar-refractivity contribution >= 4 is 46.1 Å². The highest BCUT2D eigenvalue weighted by Gasteiger charge is 2.35. The quantitative estimate of drug-likeness (QED) is 0.188. The Kier molecular flexibility index (Phi) is 8.70. The number of amides is 2. The van der Waals surface area contributed by atoms with Gasteiger partial charge in [-0.3, -0.25) is 14.7 Å². The molecular weight excluding hydrogens is 603 g/mol. The number of benzene rings is 3. The molecule has 0 spiro atoms. The SMILES string of the molecule is O=C(NCC(O)COc1ccc(C2c3[nH]c4ccc(Cl)cc4c3CCN2C(=O)Oc2ccc(Cl)cc2)cc1)c1cccnc1. The highest BCUT2D eigenvalue weighted by molar-refractivity contribution is 6.31. The van der Waals surface area contributed by atoms with Crippen molar-refractivity contribution in [1.29, 1.82) is 0 Å². The Balaban J connectivity index is 1.19. The minimum absolute atomic E-state index is 0.0196. The van der Waals surface area contributed by atoms with E-state index in [0.717, 1.165) is 27.7 Å². The fourth-order valence-corrected chi connectivity index (χ4v) is 5.57. The molecule has 0 saturated heterocycles. The lowest BCUT2D eigenvalue weighted by Crippen LogP contribution is -2.42. The third kappa shape index (κ3) is 6.50. The van der Waals surface area contributed by atoms with Crippen LogP contribution in [0.1, 0.15) is 33.2 Å². The first-order valence-corrected chi connectivity index (χ1v) is 14.7. The number of carbonyl (C=O) groups is 2. The summed E-state index contributed by atoms with van der Waals surface area (Å²) in [6, 6.07) is 22.5. The van der Waals surface area contributed by atoms with Gasteiger partial charge in [-0.1, -0.05) is 35.3 Å². The van der Waals surface area contributed by atoms with Crippen LogP contribution in [0.4, 0.5) is 4.79 Å². The zero-order chi connectivity index (χ0) is 30.6. The number of H-pyrrole nitrogens is 1. The molecule has 6 rings (SSSR count). The number of nitrogens with zero attached hydrogens (tertiary/aromatic N) is 2. The fraction of sp³-hybridized carbons (Fsp3) is 0.182. The molecule has 0 saturated carbocycles. The molecule has 0 bridgehead atoms. The number of ether oxygens (including phenoxy) is 2. The zero-order valence-corrected chi connectivity index (χ0v) is 24.9. The number of aromatic nitrogens is 2. The van der Waals surface area contributed by atoms with E-state index in [0.29, 0.717) is 40.1 Å². The number of carbonyl (C=O) groups excluding carboxylic acids is 2. The van der Waals surface area contributed by atoms with E-state index in [-0.39, 0.29) is 19.1 Å². The lowest BCUT2D eigenvalue weighted by molar-refractivity contribution is 0.0843. The lowest BCUT2D eigenvalue weighted by atomic mass is 9.92. The number of aliphatic hydroxyl groups excluding tert-OH is 1. The van der Waals surface area contributed by atoms with Crippen LogP contribution in [-0.4, -0.2) is 57.8 Å². The molecule has 2 aromatic heterocycles. The minimum atomic E-state index is -0.924. The highest BCUT2D eigenvalue weighted by Crippen LogP contribution is 2.40. The third-order valence-corrected chi connectivity index (χ3v) is 7.89. The molecule has 9 nitrogen and oxygen atoms in total.